The molecule has 28 heavy (non-hydrogen) atoms. The molecule has 0 spiro atoms. The molecule has 0 radical (unpaired) electrons. The van der Waals surface area contributed by atoms with Crippen LogP contribution in [-0.4, -0.2) is 10.1 Å². The molecule has 1 aromatic heterocycles. The van der Waals surface area contributed by atoms with E-state index in [0.29, 0.717) is 17.5 Å². The van der Waals surface area contributed by atoms with Crippen molar-refractivity contribution in [1.82, 2.24) is 10.1 Å². The second kappa shape index (κ2) is 7.60. The van der Waals surface area contributed by atoms with Crippen LogP contribution in [0.15, 0.2) is 71.3 Å². The Labute approximate surface area is 160 Å². The lowest BCUT2D eigenvalue weighted by Gasteiger charge is -2.07. The highest BCUT2D eigenvalue weighted by molar-refractivity contribution is 5.60. The molecule has 4 aromatic rings. The van der Waals surface area contributed by atoms with Crippen molar-refractivity contribution in [1.29, 1.82) is 0 Å². The molecule has 0 N–H and O–H groups in total. The Balaban J connectivity index is 1.47. The molecule has 0 amide bonds. The first-order valence-electron chi connectivity index (χ1n) is 8.66. The summed E-state index contributed by atoms with van der Waals surface area (Å²) < 4.78 is 37.8. The topological polar surface area (TPSA) is 48.2 Å². The Bertz CT molecular complexity index is 1110. The Morgan fingerprint density at radius 2 is 1.75 bits per heavy atom. The van der Waals surface area contributed by atoms with Crippen LogP contribution in [0.25, 0.3) is 22.8 Å². The minimum Gasteiger partial charge on any atom is -0.489 e. The van der Waals surface area contributed by atoms with Gasteiger partial charge in [0.1, 0.15) is 24.0 Å². The van der Waals surface area contributed by atoms with Crippen LogP contribution in [-0.2, 0) is 6.61 Å². The molecule has 0 aliphatic rings. The van der Waals surface area contributed by atoms with Crippen molar-refractivity contribution in [2.45, 2.75) is 13.5 Å². The molecule has 0 saturated heterocycles. The van der Waals surface area contributed by atoms with Crippen molar-refractivity contribution in [3.05, 3.63) is 89.5 Å². The zero-order valence-electron chi connectivity index (χ0n) is 15.0. The van der Waals surface area contributed by atoms with Gasteiger partial charge >= 0.3 is 0 Å². The van der Waals surface area contributed by atoms with E-state index < -0.39 is 11.6 Å². The van der Waals surface area contributed by atoms with Crippen molar-refractivity contribution in [2.24, 2.45) is 0 Å². The van der Waals surface area contributed by atoms with Crippen molar-refractivity contribution >= 4 is 0 Å². The van der Waals surface area contributed by atoms with E-state index >= 15 is 0 Å². The van der Waals surface area contributed by atoms with Gasteiger partial charge in [0.15, 0.2) is 0 Å². The van der Waals surface area contributed by atoms with Crippen LogP contribution < -0.4 is 4.74 Å². The Morgan fingerprint density at radius 1 is 0.929 bits per heavy atom. The van der Waals surface area contributed by atoms with E-state index in [-0.39, 0.29) is 12.2 Å². The predicted molar refractivity (Wildman–Crippen MR) is 101 cm³/mol. The van der Waals surface area contributed by atoms with Gasteiger partial charge < -0.3 is 9.26 Å². The molecule has 3 aromatic carbocycles. The molecule has 6 heteroatoms. The van der Waals surface area contributed by atoms with E-state index in [1.807, 2.05) is 31.2 Å². The summed E-state index contributed by atoms with van der Waals surface area (Å²) in [5.41, 5.74) is 2.88. The molecule has 0 atom stereocenters. The molecule has 4 nitrogen and oxygen atoms in total. The number of rotatable bonds is 5. The van der Waals surface area contributed by atoms with Crippen molar-refractivity contribution < 1.29 is 18.0 Å². The molecule has 0 aliphatic heterocycles. The van der Waals surface area contributed by atoms with Gasteiger partial charge in [0.25, 0.3) is 5.89 Å². The first-order valence-corrected chi connectivity index (χ1v) is 8.66. The van der Waals surface area contributed by atoms with Crippen molar-refractivity contribution in [3.8, 4) is 28.6 Å². The summed E-state index contributed by atoms with van der Waals surface area (Å²) in [5, 5.41) is 4.02. The first kappa shape index (κ1) is 17.9. The Morgan fingerprint density at radius 3 is 2.54 bits per heavy atom. The van der Waals surface area contributed by atoms with Crippen molar-refractivity contribution in [2.75, 3.05) is 0 Å². The normalized spacial score (nSPS) is 10.8. The van der Waals surface area contributed by atoms with Gasteiger partial charge in [-0.05, 0) is 61.5 Å². The van der Waals surface area contributed by atoms with Gasteiger partial charge in [-0.2, -0.15) is 4.98 Å². The van der Waals surface area contributed by atoms with E-state index in [1.165, 1.54) is 0 Å². The number of benzene rings is 3. The fourth-order valence-corrected chi connectivity index (χ4v) is 2.75. The number of nitrogens with zero attached hydrogens (tertiary/aromatic N) is 2. The van der Waals surface area contributed by atoms with Gasteiger partial charge in [0.05, 0.1) is 0 Å². The molecular weight excluding hydrogens is 362 g/mol. The number of aromatic nitrogens is 2. The lowest BCUT2D eigenvalue weighted by Crippen LogP contribution is -1.99. The fraction of sp³-hybridized carbons (Fsp3) is 0.0909. The summed E-state index contributed by atoms with van der Waals surface area (Å²) in [6.45, 7) is 1.93. The molecule has 1 heterocycles. The first-order chi connectivity index (χ1) is 13.6. The second-order valence-electron chi connectivity index (χ2n) is 6.34. The molecule has 0 saturated carbocycles. The maximum atomic E-state index is 13.7. The van der Waals surface area contributed by atoms with E-state index in [0.717, 1.165) is 34.9 Å². The molecule has 0 bridgehead atoms. The van der Waals surface area contributed by atoms with E-state index in [1.54, 1.807) is 24.3 Å². The van der Waals surface area contributed by atoms with Crippen LogP contribution >= 0.6 is 0 Å². The molecule has 0 unspecified atom stereocenters. The van der Waals surface area contributed by atoms with E-state index in [9.17, 15) is 8.78 Å². The second-order valence-corrected chi connectivity index (χ2v) is 6.34. The number of aryl methyl sites for hydroxylation is 1. The zero-order chi connectivity index (χ0) is 19.5. The lowest BCUT2D eigenvalue weighted by molar-refractivity contribution is 0.299. The molecule has 0 aliphatic carbocycles. The smallest absolute Gasteiger partial charge is 0.258 e. The molecule has 140 valence electrons. The molecule has 4 rings (SSSR count). The molecule has 0 fully saturated rings. The van der Waals surface area contributed by atoms with Gasteiger partial charge in [0, 0.05) is 16.7 Å². The van der Waals surface area contributed by atoms with Crippen LogP contribution in [0, 0.1) is 18.6 Å². The maximum absolute atomic E-state index is 13.7. The van der Waals surface area contributed by atoms with Crippen LogP contribution in [0.2, 0.25) is 0 Å². The van der Waals surface area contributed by atoms with Gasteiger partial charge in [-0.15, -0.1) is 0 Å². The third-order valence-corrected chi connectivity index (χ3v) is 4.21. The van der Waals surface area contributed by atoms with Gasteiger partial charge in [-0.3, -0.25) is 0 Å². The summed E-state index contributed by atoms with van der Waals surface area (Å²) in [7, 11) is 0. The highest BCUT2D eigenvalue weighted by Crippen LogP contribution is 2.25. The monoisotopic (exact) mass is 378 g/mol. The summed E-state index contributed by atoms with van der Waals surface area (Å²) in [6.07, 6.45) is 0. The lowest BCUT2D eigenvalue weighted by atomic mass is 10.1. The van der Waals surface area contributed by atoms with Gasteiger partial charge in [-0.1, -0.05) is 22.9 Å². The quantitative estimate of drug-likeness (QED) is 0.456. The fourth-order valence-electron chi connectivity index (χ4n) is 2.75. The van der Waals surface area contributed by atoms with Crippen LogP contribution in [0.1, 0.15) is 11.1 Å². The van der Waals surface area contributed by atoms with Crippen LogP contribution in [0.3, 0.4) is 0 Å². The van der Waals surface area contributed by atoms with E-state index in [2.05, 4.69) is 10.1 Å². The van der Waals surface area contributed by atoms with Gasteiger partial charge in [-0.25, -0.2) is 8.78 Å². The molecular formula is C22H16F2N2O2. The average Bonchev–Trinajstić information content (AvgIpc) is 3.19. The minimum absolute atomic E-state index is 0.0668. The highest BCUT2D eigenvalue weighted by Gasteiger charge is 2.11. The summed E-state index contributed by atoms with van der Waals surface area (Å²) >= 11 is 0. The van der Waals surface area contributed by atoms with Crippen LogP contribution in [0.5, 0.6) is 5.75 Å². The SMILES string of the molecule is Cc1cccc(-c2nc(-c3ccc(OCc4cc(F)ccc4F)cc3)no2)c1. The third kappa shape index (κ3) is 3.91. The third-order valence-electron chi connectivity index (χ3n) is 4.21. The largest absolute Gasteiger partial charge is 0.489 e. The zero-order valence-corrected chi connectivity index (χ0v) is 15.0. The van der Waals surface area contributed by atoms with Crippen LogP contribution in [0.4, 0.5) is 8.78 Å². The maximum Gasteiger partial charge on any atom is 0.258 e. The number of ether oxygens (including phenoxy) is 1. The minimum atomic E-state index is -0.506. The highest BCUT2D eigenvalue weighted by atomic mass is 19.1. The Kier molecular flexibility index (Phi) is 4.85. The van der Waals surface area contributed by atoms with E-state index in [4.69, 9.17) is 9.26 Å². The number of halogens is 2. The standard InChI is InChI=1S/C22H16F2N2O2/c1-14-3-2-4-16(11-14)22-25-21(26-28-22)15-5-8-19(9-6-15)27-13-17-12-18(23)7-10-20(17)24/h2-12H,13H2,1H3. The Hall–Kier alpha value is -3.54. The summed E-state index contributed by atoms with van der Waals surface area (Å²) in [6, 6.07) is 18.1. The number of hydrogen-bond acceptors (Lipinski definition) is 4. The van der Waals surface area contributed by atoms with Gasteiger partial charge in [0.2, 0.25) is 5.82 Å². The summed E-state index contributed by atoms with van der Waals surface area (Å²) in [5.74, 6) is 0.417. The van der Waals surface area contributed by atoms with Crippen molar-refractivity contribution in [3.63, 3.8) is 0 Å². The average molecular weight is 378 g/mol. The predicted octanol–water partition coefficient (Wildman–Crippen LogP) is 5.57. The summed E-state index contributed by atoms with van der Waals surface area (Å²) in [4.78, 5) is 4.43. The number of hydrogen-bond donors (Lipinski definition) is 0.